The number of anilines is 1. The molecule has 0 aliphatic carbocycles. The van der Waals surface area contributed by atoms with Crippen LogP contribution in [0.3, 0.4) is 0 Å². The van der Waals surface area contributed by atoms with E-state index in [2.05, 4.69) is 24.7 Å². The standard InChI is InChI=1S/C28H28F5NO2/c1-17(2)18-6-3-7-19(14-18)22-10-5-11-25-23(22)12-13-24(34(25)16-26(35)28(31,32)33)20-8-4-9-21(15-20)36-27(29)30/h3-11,14-15,17,24,26-27,35H,12-13,16H2,1-2H3. The Kier molecular flexibility index (Phi) is 7.54. The predicted molar refractivity (Wildman–Crippen MR) is 130 cm³/mol. The molecule has 0 aromatic heterocycles. The smallest absolute Gasteiger partial charge is 0.416 e. The third-order valence-corrected chi connectivity index (χ3v) is 6.58. The second-order valence-electron chi connectivity index (χ2n) is 9.30. The Hall–Kier alpha value is -3.13. The fourth-order valence-corrected chi connectivity index (χ4v) is 4.81. The number of fused-ring (bicyclic) bond motifs is 1. The molecule has 3 aromatic rings. The first-order valence-electron chi connectivity index (χ1n) is 11.8. The van der Waals surface area contributed by atoms with Crippen LogP contribution in [0.2, 0.25) is 0 Å². The number of nitrogens with zero attached hydrogens (tertiary/aromatic N) is 1. The lowest BCUT2D eigenvalue weighted by Crippen LogP contribution is -2.44. The summed E-state index contributed by atoms with van der Waals surface area (Å²) in [5.74, 6) is 0.249. The number of ether oxygens (including phenoxy) is 1. The van der Waals surface area contributed by atoms with E-state index in [0.717, 1.165) is 22.3 Å². The van der Waals surface area contributed by atoms with E-state index in [4.69, 9.17) is 0 Å². The van der Waals surface area contributed by atoms with E-state index in [0.29, 0.717) is 30.0 Å². The van der Waals surface area contributed by atoms with Gasteiger partial charge >= 0.3 is 12.8 Å². The highest BCUT2D eigenvalue weighted by Crippen LogP contribution is 2.44. The van der Waals surface area contributed by atoms with Crippen LogP contribution in [0.5, 0.6) is 5.75 Å². The summed E-state index contributed by atoms with van der Waals surface area (Å²) in [5, 5.41) is 10.00. The zero-order valence-corrected chi connectivity index (χ0v) is 20.0. The fourth-order valence-electron chi connectivity index (χ4n) is 4.81. The largest absolute Gasteiger partial charge is 0.435 e. The molecule has 8 heteroatoms. The lowest BCUT2D eigenvalue weighted by atomic mass is 9.86. The second kappa shape index (κ2) is 10.5. The van der Waals surface area contributed by atoms with Crippen molar-refractivity contribution in [1.29, 1.82) is 0 Å². The first-order valence-corrected chi connectivity index (χ1v) is 11.8. The number of β-amino-alcohol motifs (C(OH)–C–C–N with tert-alkyl or cyclic N) is 1. The van der Waals surface area contributed by atoms with Crippen molar-refractivity contribution in [3.63, 3.8) is 0 Å². The molecule has 192 valence electrons. The van der Waals surface area contributed by atoms with E-state index in [1.165, 1.54) is 23.1 Å². The van der Waals surface area contributed by atoms with Gasteiger partial charge in [-0.3, -0.25) is 0 Å². The third kappa shape index (κ3) is 5.64. The van der Waals surface area contributed by atoms with Gasteiger partial charge in [-0.1, -0.05) is 62.4 Å². The summed E-state index contributed by atoms with van der Waals surface area (Å²) in [6, 6.07) is 19.0. The van der Waals surface area contributed by atoms with Crippen LogP contribution in [-0.2, 0) is 6.42 Å². The molecule has 4 rings (SSSR count). The van der Waals surface area contributed by atoms with E-state index >= 15 is 0 Å². The quantitative estimate of drug-likeness (QED) is 0.338. The van der Waals surface area contributed by atoms with Crippen LogP contribution >= 0.6 is 0 Å². The van der Waals surface area contributed by atoms with Crippen molar-refractivity contribution < 1.29 is 31.8 Å². The summed E-state index contributed by atoms with van der Waals surface area (Å²) in [4.78, 5) is 1.54. The van der Waals surface area contributed by atoms with Crippen LogP contribution in [0.4, 0.5) is 27.6 Å². The first-order chi connectivity index (χ1) is 17.0. The number of alkyl halides is 5. The number of hydrogen-bond donors (Lipinski definition) is 1. The lowest BCUT2D eigenvalue weighted by Gasteiger charge is -2.41. The van der Waals surface area contributed by atoms with Gasteiger partial charge in [-0.15, -0.1) is 0 Å². The van der Waals surface area contributed by atoms with Crippen molar-refractivity contribution in [2.75, 3.05) is 11.4 Å². The highest BCUT2D eigenvalue weighted by atomic mass is 19.4. The van der Waals surface area contributed by atoms with Gasteiger partial charge in [0.25, 0.3) is 0 Å². The molecule has 0 radical (unpaired) electrons. The number of rotatable bonds is 7. The predicted octanol–water partition coefficient (Wildman–Crippen LogP) is 7.50. The van der Waals surface area contributed by atoms with Crippen LogP contribution < -0.4 is 9.64 Å². The number of hydrogen-bond acceptors (Lipinski definition) is 3. The zero-order valence-electron chi connectivity index (χ0n) is 20.0. The minimum atomic E-state index is -4.80. The Morgan fingerprint density at radius 2 is 1.72 bits per heavy atom. The molecule has 0 spiro atoms. The van der Waals surface area contributed by atoms with Gasteiger partial charge < -0.3 is 14.7 Å². The topological polar surface area (TPSA) is 32.7 Å². The Morgan fingerprint density at radius 3 is 2.42 bits per heavy atom. The Bertz CT molecular complexity index is 1190. The number of aliphatic hydroxyl groups excluding tert-OH is 1. The monoisotopic (exact) mass is 505 g/mol. The van der Waals surface area contributed by atoms with Crippen LogP contribution in [-0.4, -0.2) is 30.5 Å². The minimum absolute atomic E-state index is 0.0659. The molecule has 2 atom stereocenters. The molecule has 3 aromatic carbocycles. The van der Waals surface area contributed by atoms with Crippen molar-refractivity contribution in [3.8, 4) is 16.9 Å². The maximum atomic E-state index is 13.4. The van der Waals surface area contributed by atoms with Gasteiger partial charge in [-0.2, -0.15) is 22.0 Å². The molecule has 1 aliphatic rings. The van der Waals surface area contributed by atoms with E-state index in [9.17, 15) is 27.1 Å². The highest BCUT2D eigenvalue weighted by molar-refractivity contribution is 5.76. The number of benzene rings is 3. The Morgan fingerprint density at radius 1 is 1.00 bits per heavy atom. The summed E-state index contributed by atoms with van der Waals surface area (Å²) < 4.78 is 70.2. The average molecular weight is 506 g/mol. The third-order valence-electron chi connectivity index (χ3n) is 6.58. The second-order valence-corrected chi connectivity index (χ2v) is 9.30. The van der Waals surface area contributed by atoms with E-state index in [-0.39, 0.29) is 5.75 Å². The molecule has 0 saturated carbocycles. The lowest BCUT2D eigenvalue weighted by molar-refractivity contribution is -0.200. The molecule has 0 fully saturated rings. The van der Waals surface area contributed by atoms with E-state index in [1.54, 1.807) is 18.2 Å². The van der Waals surface area contributed by atoms with Crippen LogP contribution in [0, 0.1) is 0 Å². The van der Waals surface area contributed by atoms with Gasteiger partial charge in [0, 0.05) is 5.69 Å². The summed E-state index contributed by atoms with van der Waals surface area (Å²) in [6.07, 6.45) is -6.36. The Labute approximate surface area is 207 Å². The first kappa shape index (κ1) is 25.9. The number of halogens is 5. The van der Waals surface area contributed by atoms with Crippen LogP contribution in [0.1, 0.15) is 48.9 Å². The van der Waals surface area contributed by atoms with Gasteiger partial charge in [0.2, 0.25) is 0 Å². The molecule has 0 bridgehead atoms. The van der Waals surface area contributed by atoms with E-state index < -0.39 is 31.5 Å². The molecule has 0 saturated heterocycles. The molecule has 3 nitrogen and oxygen atoms in total. The summed E-state index contributed by atoms with van der Waals surface area (Å²) >= 11 is 0. The maximum Gasteiger partial charge on any atom is 0.416 e. The van der Waals surface area contributed by atoms with Gasteiger partial charge in [-0.25, -0.2) is 0 Å². The fraction of sp³-hybridized carbons (Fsp3) is 0.357. The van der Waals surface area contributed by atoms with Gasteiger partial charge in [0.15, 0.2) is 6.10 Å². The van der Waals surface area contributed by atoms with Crippen molar-refractivity contribution >= 4 is 5.69 Å². The molecular weight excluding hydrogens is 477 g/mol. The normalized spacial score (nSPS) is 16.8. The molecule has 1 N–H and O–H groups in total. The average Bonchev–Trinajstić information content (AvgIpc) is 2.83. The molecule has 1 aliphatic heterocycles. The van der Waals surface area contributed by atoms with Crippen LogP contribution in [0.15, 0.2) is 66.7 Å². The van der Waals surface area contributed by atoms with Gasteiger partial charge in [0.05, 0.1) is 12.6 Å². The molecule has 2 unspecified atom stereocenters. The Balaban J connectivity index is 1.79. The van der Waals surface area contributed by atoms with Crippen molar-refractivity contribution in [3.05, 3.63) is 83.4 Å². The molecular formula is C28H28F5NO2. The zero-order chi connectivity index (χ0) is 26.0. The van der Waals surface area contributed by atoms with Crippen molar-refractivity contribution in [2.24, 2.45) is 0 Å². The number of aliphatic hydroxyl groups is 1. The van der Waals surface area contributed by atoms with Crippen molar-refractivity contribution in [1.82, 2.24) is 0 Å². The molecule has 36 heavy (non-hydrogen) atoms. The van der Waals surface area contributed by atoms with E-state index in [1.807, 2.05) is 24.3 Å². The summed E-state index contributed by atoms with van der Waals surface area (Å²) in [7, 11) is 0. The highest BCUT2D eigenvalue weighted by Gasteiger charge is 2.41. The molecule has 0 amide bonds. The molecule has 1 heterocycles. The summed E-state index contributed by atoms with van der Waals surface area (Å²) in [6.45, 7) is 0.489. The van der Waals surface area contributed by atoms with Crippen LogP contribution in [0.25, 0.3) is 11.1 Å². The minimum Gasteiger partial charge on any atom is -0.435 e. The van der Waals surface area contributed by atoms with Crippen molar-refractivity contribution in [2.45, 2.75) is 57.5 Å². The SMILES string of the molecule is CC(C)c1cccc(-c2cccc3c2CCC(c2cccc(OC(F)F)c2)N3CC(O)C(F)(F)F)c1. The summed E-state index contributed by atoms with van der Waals surface area (Å²) in [5.41, 5.74) is 5.07. The van der Waals surface area contributed by atoms with Gasteiger partial charge in [-0.05, 0) is 64.8 Å². The van der Waals surface area contributed by atoms with Gasteiger partial charge in [0.1, 0.15) is 5.75 Å². The maximum absolute atomic E-state index is 13.4.